The zero-order chi connectivity index (χ0) is 14.8. The molecule has 3 unspecified atom stereocenters. The summed E-state index contributed by atoms with van der Waals surface area (Å²) in [5, 5.41) is 12.3. The number of thiol groups is 1. The molecule has 0 aromatic rings. The molecule has 0 aliphatic heterocycles. The maximum Gasteiger partial charge on any atom is 0.223 e. The molecule has 1 amide bonds. The molecule has 2 N–H and O–H groups in total. The van der Waals surface area contributed by atoms with Gasteiger partial charge in [-0.05, 0) is 25.0 Å². The third-order valence-corrected chi connectivity index (χ3v) is 3.27. The number of allylic oxidation sites excluding steroid dienone is 1. The van der Waals surface area contributed by atoms with E-state index in [1.165, 1.54) is 6.92 Å². The van der Waals surface area contributed by atoms with Gasteiger partial charge in [-0.1, -0.05) is 32.4 Å². The fourth-order valence-corrected chi connectivity index (χ4v) is 1.85. The standard InChI is InChI=1S/C14H25NO3S/c1-4-10(2)14(11(3)16)15-13(18)9-12(17)7-5-6-8-19/h5,7,10,12,14,17,19H,4,6,8-9H2,1-3H3,(H,15,18)/b7-5+. The number of aliphatic hydroxyl groups is 1. The van der Waals surface area contributed by atoms with E-state index in [-0.39, 0.29) is 24.0 Å². The maximum absolute atomic E-state index is 11.7. The number of hydrogen-bond acceptors (Lipinski definition) is 4. The molecule has 0 aliphatic carbocycles. The van der Waals surface area contributed by atoms with Crippen molar-refractivity contribution in [2.75, 3.05) is 5.75 Å². The molecule has 0 rings (SSSR count). The highest BCUT2D eigenvalue weighted by Crippen LogP contribution is 2.09. The normalized spacial score (nSPS) is 16.1. The molecular weight excluding hydrogens is 262 g/mol. The topological polar surface area (TPSA) is 66.4 Å². The van der Waals surface area contributed by atoms with E-state index >= 15 is 0 Å². The molecular formula is C14H25NO3S. The fraction of sp³-hybridized carbons (Fsp3) is 0.714. The zero-order valence-electron chi connectivity index (χ0n) is 11.9. The number of ketones is 1. The van der Waals surface area contributed by atoms with Crippen LogP contribution in [0.5, 0.6) is 0 Å². The largest absolute Gasteiger partial charge is 0.389 e. The van der Waals surface area contributed by atoms with Crippen LogP contribution in [0.2, 0.25) is 0 Å². The summed E-state index contributed by atoms with van der Waals surface area (Å²) in [5.74, 6) is 0.445. The van der Waals surface area contributed by atoms with E-state index in [1.807, 2.05) is 13.8 Å². The van der Waals surface area contributed by atoms with Gasteiger partial charge in [0.1, 0.15) is 0 Å². The average molecular weight is 287 g/mol. The first-order valence-electron chi connectivity index (χ1n) is 6.67. The summed E-state index contributed by atoms with van der Waals surface area (Å²) in [6, 6.07) is -0.467. The molecule has 0 radical (unpaired) electrons. The van der Waals surface area contributed by atoms with Crippen LogP contribution in [-0.4, -0.2) is 34.7 Å². The SMILES string of the molecule is CCC(C)C(NC(=O)CC(O)/C=C/CCS)C(C)=O. The third kappa shape index (κ3) is 8.06. The van der Waals surface area contributed by atoms with Gasteiger partial charge in [-0.3, -0.25) is 9.59 Å². The number of rotatable bonds is 9. The van der Waals surface area contributed by atoms with Gasteiger partial charge < -0.3 is 10.4 Å². The van der Waals surface area contributed by atoms with Crippen molar-refractivity contribution in [1.29, 1.82) is 0 Å². The van der Waals surface area contributed by atoms with Crippen LogP contribution in [0.4, 0.5) is 0 Å². The molecule has 0 aromatic heterocycles. The van der Waals surface area contributed by atoms with Crippen LogP contribution in [0, 0.1) is 5.92 Å². The van der Waals surface area contributed by atoms with Crippen molar-refractivity contribution < 1.29 is 14.7 Å². The van der Waals surface area contributed by atoms with Gasteiger partial charge in [0, 0.05) is 0 Å². The summed E-state index contributed by atoms with van der Waals surface area (Å²) in [4.78, 5) is 23.2. The fourth-order valence-electron chi connectivity index (χ4n) is 1.70. The molecule has 19 heavy (non-hydrogen) atoms. The Morgan fingerprint density at radius 1 is 1.42 bits per heavy atom. The molecule has 110 valence electrons. The number of Topliss-reactive ketones (excluding diaryl/α,β-unsaturated/α-hetero) is 1. The lowest BCUT2D eigenvalue weighted by Gasteiger charge is -2.22. The number of nitrogens with one attached hydrogen (secondary N) is 1. The smallest absolute Gasteiger partial charge is 0.223 e. The van der Waals surface area contributed by atoms with Gasteiger partial charge in [0.25, 0.3) is 0 Å². The Hall–Kier alpha value is -0.810. The summed E-state index contributed by atoms with van der Waals surface area (Å²) in [6.07, 6.45) is 4.11. The van der Waals surface area contributed by atoms with Gasteiger partial charge in [0.05, 0.1) is 18.6 Å². The third-order valence-electron chi connectivity index (χ3n) is 3.02. The minimum atomic E-state index is -0.815. The highest BCUT2D eigenvalue weighted by Gasteiger charge is 2.23. The van der Waals surface area contributed by atoms with Gasteiger partial charge in [0.2, 0.25) is 5.91 Å². The Labute approximate surface area is 121 Å². The van der Waals surface area contributed by atoms with Gasteiger partial charge in [-0.15, -0.1) is 0 Å². The minimum absolute atomic E-state index is 0.0245. The van der Waals surface area contributed by atoms with E-state index in [2.05, 4.69) is 17.9 Å². The van der Waals surface area contributed by atoms with E-state index in [1.54, 1.807) is 12.2 Å². The Bertz CT molecular complexity index is 318. The lowest BCUT2D eigenvalue weighted by atomic mass is 9.96. The molecule has 0 bridgehead atoms. The van der Waals surface area contributed by atoms with E-state index in [0.29, 0.717) is 5.75 Å². The van der Waals surface area contributed by atoms with Crippen LogP contribution in [0.15, 0.2) is 12.2 Å². The zero-order valence-corrected chi connectivity index (χ0v) is 12.8. The van der Waals surface area contributed by atoms with Crippen molar-refractivity contribution in [2.24, 2.45) is 5.92 Å². The Balaban J connectivity index is 4.30. The monoisotopic (exact) mass is 287 g/mol. The van der Waals surface area contributed by atoms with Crippen LogP contribution in [-0.2, 0) is 9.59 Å². The molecule has 0 saturated heterocycles. The highest BCUT2D eigenvalue weighted by molar-refractivity contribution is 7.80. The second-order valence-corrected chi connectivity index (χ2v) is 5.20. The molecule has 0 heterocycles. The number of carbonyl (C=O) groups is 2. The highest BCUT2D eigenvalue weighted by atomic mass is 32.1. The van der Waals surface area contributed by atoms with Crippen molar-refractivity contribution >= 4 is 24.3 Å². The Kier molecular flexibility index (Phi) is 9.61. The van der Waals surface area contributed by atoms with E-state index in [4.69, 9.17) is 0 Å². The van der Waals surface area contributed by atoms with E-state index < -0.39 is 12.1 Å². The lowest BCUT2D eigenvalue weighted by molar-refractivity contribution is -0.128. The van der Waals surface area contributed by atoms with Gasteiger partial charge in [0.15, 0.2) is 5.78 Å². The van der Waals surface area contributed by atoms with Crippen LogP contribution in [0.3, 0.4) is 0 Å². The molecule has 0 fully saturated rings. The van der Waals surface area contributed by atoms with E-state index in [9.17, 15) is 14.7 Å². The number of carbonyl (C=O) groups excluding carboxylic acids is 2. The van der Waals surface area contributed by atoms with Gasteiger partial charge in [-0.25, -0.2) is 0 Å². The Morgan fingerprint density at radius 3 is 2.53 bits per heavy atom. The number of aliphatic hydroxyl groups excluding tert-OH is 1. The molecule has 0 saturated carbocycles. The molecule has 0 spiro atoms. The molecule has 4 nitrogen and oxygen atoms in total. The first-order chi connectivity index (χ1) is 8.92. The predicted octanol–water partition coefficient (Wildman–Crippen LogP) is 1.73. The summed E-state index contributed by atoms with van der Waals surface area (Å²) in [6.45, 7) is 5.37. The van der Waals surface area contributed by atoms with Crippen LogP contribution in [0.1, 0.15) is 40.0 Å². The maximum atomic E-state index is 11.7. The second kappa shape index (κ2) is 10.0. The van der Waals surface area contributed by atoms with Gasteiger partial charge >= 0.3 is 0 Å². The quantitative estimate of drug-likeness (QED) is 0.447. The van der Waals surface area contributed by atoms with Crippen molar-refractivity contribution in [3.05, 3.63) is 12.2 Å². The second-order valence-electron chi connectivity index (χ2n) is 4.75. The first-order valence-corrected chi connectivity index (χ1v) is 7.31. The minimum Gasteiger partial charge on any atom is -0.389 e. The lowest BCUT2D eigenvalue weighted by Crippen LogP contribution is -2.44. The first kappa shape index (κ1) is 18.2. The molecule has 5 heteroatoms. The predicted molar refractivity (Wildman–Crippen MR) is 80.3 cm³/mol. The summed E-state index contributed by atoms with van der Waals surface area (Å²) in [7, 11) is 0. The van der Waals surface area contributed by atoms with Crippen molar-refractivity contribution in [2.45, 2.75) is 52.2 Å². The van der Waals surface area contributed by atoms with Crippen molar-refractivity contribution in [3.8, 4) is 0 Å². The summed E-state index contributed by atoms with van der Waals surface area (Å²) in [5.41, 5.74) is 0. The number of hydrogen-bond donors (Lipinski definition) is 3. The number of amides is 1. The molecule has 0 aromatic carbocycles. The van der Waals surface area contributed by atoms with Crippen LogP contribution >= 0.6 is 12.6 Å². The van der Waals surface area contributed by atoms with Crippen molar-refractivity contribution in [3.63, 3.8) is 0 Å². The van der Waals surface area contributed by atoms with Crippen molar-refractivity contribution in [1.82, 2.24) is 5.32 Å². The van der Waals surface area contributed by atoms with E-state index in [0.717, 1.165) is 12.8 Å². The van der Waals surface area contributed by atoms with Crippen LogP contribution < -0.4 is 5.32 Å². The summed E-state index contributed by atoms with van der Waals surface area (Å²) < 4.78 is 0. The Morgan fingerprint density at radius 2 is 2.05 bits per heavy atom. The molecule has 0 aliphatic rings. The van der Waals surface area contributed by atoms with Gasteiger partial charge in [-0.2, -0.15) is 12.6 Å². The molecule has 3 atom stereocenters. The average Bonchev–Trinajstić information content (AvgIpc) is 2.35. The van der Waals surface area contributed by atoms with Crippen LogP contribution in [0.25, 0.3) is 0 Å². The summed E-state index contributed by atoms with van der Waals surface area (Å²) >= 11 is 4.04.